The van der Waals surface area contributed by atoms with Crippen molar-refractivity contribution >= 4 is 15.9 Å². The third kappa shape index (κ3) is 3.95. The first-order valence-electron chi connectivity index (χ1n) is 6.46. The van der Waals surface area contributed by atoms with Crippen molar-refractivity contribution in [2.24, 2.45) is 16.7 Å². The lowest BCUT2D eigenvalue weighted by molar-refractivity contribution is 0.0497. The Hall–Kier alpha value is -0.570. The summed E-state index contributed by atoms with van der Waals surface area (Å²) >= 11 is 3.15. The van der Waals surface area contributed by atoms with Gasteiger partial charge in [-0.1, -0.05) is 34.6 Å². The van der Waals surface area contributed by atoms with Gasteiger partial charge in [0.2, 0.25) is 0 Å². The molecule has 0 aliphatic heterocycles. The van der Waals surface area contributed by atoms with E-state index in [9.17, 15) is 4.39 Å². The molecule has 0 spiro atoms. The Morgan fingerprint density at radius 2 is 1.84 bits per heavy atom. The number of hydrogen-bond donors (Lipinski definition) is 0. The van der Waals surface area contributed by atoms with E-state index in [1.807, 2.05) is 0 Å². The van der Waals surface area contributed by atoms with Gasteiger partial charge in [0.1, 0.15) is 11.6 Å². The van der Waals surface area contributed by atoms with Crippen molar-refractivity contribution in [1.29, 1.82) is 0 Å². The molecular formula is C16H23BrFO. The smallest absolute Gasteiger partial charge is 0.137 e. The van der Waals surface area contributed by atoms with E-state index in [1.54, 1.807) is 12.1 Å². The van der Waals surface area contributed by atoms with E-state index in [0.29, 0.717) is 16.8 Å². The molecule has 0 aliphatic carbocycles. The normalized spacial score (nSPS) is 14.3. The fourth-order valence-corrected chi connectivity index (χ4v) is 1.94. The second kappa shape index (κ2) is 5.82. The molecule has 0 saturated heterocycles. The molecule has 0 aromatic heterocycles. The van der Waals surface area contributed by atoms with Crippen molar-refractivity contribution in [3.05, 3.63) is 35.4 Å². The van der Waals surface area contributed by atoms with Crippen LogP contribution in [0.15, 0.2) is 22.7 Å². The molecule has 0 saturated carbocycles. The second-order valence-electron chi connectivity index (χ2n) is 6.56. The van der Waals surface area contributed by atoms with Crippen molar-refractivity contribution in [1.82, 2.24) is 0 Å². The van der Waals surface area contributed by atoms with Crippen LogP contribution in [0.2, 0.25) is 0 Å². The predicted molar refractivity (Wildman–Crippen MR) is 81.7 cm³/mol. The van der Waals surface area contributed by atoms with Crippen LogP contribution in [0.4, 0.5) is 4.39 Å². The third-order valence-corrected chi connectivity index (χ3v) is 4.90. The molecule has 0 fully saturated rings. The number of benzene rings is 1. The summed E-state index contributed by atoms with van der Waals surface area (Å²) in [4.78, 5) is 0. The molecule has 3 heteroatoms. The van der Waals surface area contributed by atoms with Crippen LogP contribution in [0.5, 0.6) is 5.75 Å². The van der Waals surface area contributed by atoms with E-state index in [0.717, 1.165) is 0 Å². The molecule has 1 aromatic carbocycles. The van der Waals surface area contributed by atoms with Gasteiger partial charge in [0.15, 0.2) is 0 Å². The van der Waals surface area contributed by atoms with Crippen LogP contribution in [0.1, 0.15) is 34.6 Å². The Labute approximate surface area is 124 Å². The minimum absolute atomic E-state index is 0.0459. The maximum absolute atomic E-state index is 13.1. The fourth-order valence-electron chi connectivity index (χ4n) is 1.58. The number of halogens is 2. The molecule has 0 bridgehead atoms. The van der Waals surface area contributed by atoms with Gasteiger partial charge < -0.3 is 4.74 Å². The van der Waals surface area contributed by atoms with Gasteiger partial charge in [0.25, 0.3) is 0 Å². The minimum atomic E-state index is -0.284. The lowest BCUT2D eigenvalue weighted by Crippen LogP contribution is -2.38. The second-order valence-corrected chi connectivity index (χ2v) is 7.41. The molecule has 1 rings (SSSR count). The van der Waals surface area contributed by atoms with Gasteiger partial charge in [0.05, 0.1) is 11.1 Å². The molecule has 1 nitrogen and oxygen atoms in total. The molecule has 1 radical (unpaired) electrons. The Bertz CT molecular complexity index is 435. The van der Waals surface area contributed by atoms with Crippen LogP contribution in [-0.2, 0) is 0 Å². The standard InChI is InChI=1S/C16H23BrFO/c1-11(16(5,6)15(2,3)4)10-19-12-7-8-14(18)13(17)9-12/h7-9,11H,1,10H2,2-6H3. The Morgan fingerprint density at radius 1 is 1.26 bits per heavy atom. The quantitative estimate of drug-likeness (QED) is 0.709. The zero-order chi connectivity index (χ0) is 14.8. The largest absolute Gasteiger partial charge is 0.493 e. The fraction of sp³-hybridized carbons (Fsp3) is 0.562. The van der Waals surface area contributed by atoms with Crippen molar-refractivity contribution in [2.45, 2.75) is 34.6 Å². The lowest BCUT2D eigenvalue weighted by Gasteiger charge is -2.43. The van der Waals surface area contributed by atoms with E-state index in [1.165, 1.54) is 6.07 Å². The highest BCUT2D eigenvalue weighted by molar-refractivity contribution is 9.10. The first-order chi connectivity index (χ1) is 8.55. The first kappa shape index (κ1) is 16.5. The summed E-state index contributed by atoms with van der Waals surface area (Å²) in [6, 6.07) is 4.68. The summed E-state index contributed by atoms with van der Waals surface area (Å²) in [5.74, 6) is 0.525. The van der Waals surface area contributed by atoms with Gasteiger partial charge in [-0.2, -0.15) is 0 Å². The molecule has 19 heavy (non-hydrogen) atoms. The molecule has 0 heterocycles. The van der Waals surface area contributed by atoms with Crippen molar-refractivity contribution < 1.29 is 9.13 Å². The van der Waals surface area contributed by atoms with E-state index in [-0.39, 0.29) is 22.6 Å². The third-order valence-electron chi connectivity index (χ3n) is 4.30. The van der Waals surface area contributed by atoms with Crippen molar-refractivity contribution in [2.75, 3.05) is 6.61 Å². The summed E-state index contributed by atoms with van der Waals surface area (Å²) in [7, 11) is 0. The monoisotopic (exact) mass is 329 g/mol. The van der Waals surface area contributed by atoms with Gasteiger partial charge in [-0.3, -0.25) is 0 Å². The number of ether oxygens (including phenoxy) is 1. The summed E-state index contributed by atoms with van der Waals surface area (Å²) in [5, 5.41) is 0. The Kier molecular flexibility index (Phi) is 5.05. The van der Waals surface area contributed by atoms with E-state index in [2.05, 4.69) is 57.5 Å². The summed E-state index contributed by atoms with van der Waals surface area (Å²) in [6.07, 6.45) is 0. The average molecular weight is 330 g/mol. The zero-order valence-corrected chi connectivity index (χ0v) is 14.0. The molecular weight excluding hydrogens is 307 g/mol. The average Bonchev–Trinajstić information content (AvgIpc) is 2.28. The van der Waals surface area contributed by atoms with Gasteiger partial charge >= 0.3 is 0 Å². The highest BCUT2D eigenvalue weighted by Gasteiger charge is 2.37. The molecule has 0 aliphatic rings. The van der Waals surface area contributed by atoms with Crippen molar-refractivity contribution in [3.8, 4) is 5.75 Å². The van der Waals surface area contributed by atoms with Crippen LogP contribution in [0.25, 0.3) is 0 Å². The zero-order valence-electron chi connectivity index (χ0n) is 12.4. The molecule has 1 unspecified atom stereocenters. The molecule has 1 aromatic rings. The number of hydrogen-bond acceptors (Lipinski definition) is 1. The SMILES string of the molecule is [CH2]C(COc1ccc(F)c(Br)c1)C(C)(C)C(C)(C)C. The van der Waals surface area contributed by atoms with Crippen LogP contribution in [0.3, 0.4) is 0 Å². The van der Waals surface area contributed by atoms with Gasteiger partial charge in [-0.15, -0.1) is 0 Å². The van der Waals surface area contributed by atoms with Crippen LogP contribution in [-0.4, -0.2) is 6.61 Å². The van der Waals surface area contributed by atoms with Crippen LogP contribution >= 0.6 is 15.9 Å². The van der Waals surface area contributed by atoms with Gasteiger partial charge in [-0.25, -0.2) is 4.39 Å². The molecule has 107 valence electrons. The molecule has 0 amide bonds. The maximum Gasteiger partial charge on any atom is 0.137 e. The summed E-state index contributed by atoms with van der Waals surface area (Å²) < 4.78 is 19.3. The first-order valence-corrected chi connectivity index (χ1v) is 7.26. The van der Waals surface area contributed by atoms with Crippen LogP contribution in [0, 0.1) is 29.5 Å². The van der Waals surface area contributed by atoms with E-state index in [4.69, 9.17) is 4.74 Å². The maximum atomic E-state index is 13.1. The highest BCUT2D eigenvalue weighted by atomic mass is 79.9. The van der Waals surface area contributed by atoms with E-state index >= 15 is 0 Å². The van der Waals surface area contributed by atoms with Gasteiger partial charge in [-0.05, 0) is 57.8 Å². The number of rotatable bonds is 4. The Balaban J connectivity index is 2.69. The summed E-state index contributed by atoms with van der Waals surface area (Å²) in [6.45, 7) is 15.8. The minimum Gasteiger partial charge on any atom is -0.493 e. The van der Waals surface area contributed by atoms with E-state index < -0.39 is 0 Å². The highest BCUT2D eigenvalue weighted by Crippen LogP contribution is 2.43. The topological polar surface area (TPSA) is 9.23 Å². The molecule has 0 N–H and O–H groups in total. The predicted octanol–water partition coefficient (Wildman–Crippen LogP) is 5.49. The molecule has 1 atom stereocenters. The van der Waals surface area contributed by atoms with Crippen LogP contribution < -0.4 is 4.74 Å². The van der Waals surface area contributed by atoms with Crippen molar-refractivity contribution in [3.63, 3.8) is 0 Å². The Morgan fingerprint density at radius 3 is 2.32 bits per heavy atom. The summed E-state index contributed by atoms with van der Waals surface area (Å²) in [5.41, 5.74) is 0.191. The lowest BCUT2D eigenvalue weighted by atomic mass is 9.63. The van der Waals surface area contributed by atoms with Gasteiger partial charge in [0, 0.05) is 0 Å².